The maximum atomic E-state index is 12.0. The van der Waals surface area contributed by atoms with E-state index in [1.807, 2.05) is 0 Å². The van der Waals surface area contributed by atoms with Gasteiger partial charge in [0.25, 0.3) is 5.91 Å². The van der Waals surface area contributed by atoms with Crippen LogP contribution in [0.5, 0.6) is 0 Å². The quantitative estimate of drug-likeness (QED) is 0.818. The van der Waals surface area contributed by atoms with Crippen LogP contribution < -0.4 is 11.1 Å². The van der Waals surface area contributed by atoms with Gasteiger partial charge in [-0.05, 0) is 31.4 Å². The second-order valence-corrected chi connectivity index (χ2v) is 4.23. The molecule has 2 rings (SSSR count). The number of nitrogens with zero attached hydrogens (tertiary/aromatic N) is 1. The summed E-state index contributed by atoms with van der Waals surface area (Å²) in [7, 11) is 1.67. The van der Waals surface area contributed by atoms with E-state index in [2.05, 4.69) is 10.3 Å². The van der Waals surface area contributed by atoms with E-state index in [9.17, 15) is 4.79 Å². The molecule has 0 radical (unpaired) electrons. The first kappa shape index (κ1) is 11.9. The number of rotatable bonds is 3. The number of pyridine rings is 1. The molecule has 3 N–H and O–H groups in total. The van der Waals surface area contributed by atoms with Crippen LogP contribution in [-0.2, 0) is 4.74 Å². The van der Waals surface area contributed by atoms with Crippen LogP contribution in [0.25, 0.3) is 0 Å². The Morgan fingerprint density at radius 1 is 1.59 bits per heavy atom. The zero-order valence-electron chi connectivity index (χ0n) is 9.85. The summed E-state index contributed by atoms with van der Waals surface area (Å²) in [5.41, 5.74) is 6.39. The molecular weight excluding hydrogens is 218 g/mol. The highest BCUT2D eigenvalue weighted by Gasteiger charge is 2.29. The van der Waals surface area contributed by atoms with Crippen LogP contribution in [0.4, 0.5) is 5.69 Å². The molecule has 1 fully saturated rings. The van der Waals surface area contributed by atoms with E-state index in [1.54, 1.807) is 25.4 Å². The molecule has 2 unspecified atom stereocenters. The van der Waals surface area contributed by atoms with Gasteiger partial charge in [0.15, 0.2) is 5.69 Å². The van der Waals surface area contributed by atoms with Crippen LogP contribution in [0, 0.1) is 0 Å². The molecule has 92 valence electrons. The Labute approximate surface area is 100 Å². The molecular formula is C12H17N3O2. The van der Waals surface area contributed by atoms with Crippen molar-refractivity contribution in [2.45, 2.75) is 31.4 Å². The third kappa shape index (κ3) is 2.55. The van der Waals surface area contributed by atoms with Gasteiger partial charge in [0, 0.05) is 13.3 Å². The van der Waals surface area contributed by atoms with E-state index in [4.69, 9.17) is 10.5 Å². The van der Waals surface area contributed by atoms with Crippen LogP contribution in [-0.4, -0.2) is 30.1 Å². The fourth-order valence-electron chi connectivity index (χ4n) is 2.22. The van der Waals surface area contributed by atoms with Crippen molar-refractivity contribution in [2.24, 2.45) is 0 Å². The van der Waals surface area contributed by atoms with Crippen molar-refractivity contribution in [3.05, 3.63) is 24.0 Å². The van der Waals surface area contributed by atoms with Gasteiger partial charge in [-0.3, -0.25) is 4.79 Å². The standard InChI is InChI=1S/C12H17N3O2/c1-17-10-6-2-5-9(10)15-12(16)11-8(13)4-3-7-14-11/h3-4,7,9-10H,2,5-6,13H2,1H3,(H,15,16). The summed E-state index contributed by atoms with van der Waals surface area (Å²) in [6.45, 7) is 0. The Kier molecular flexibility index (Phi) is 3.58. The number of hydrogen-bond donors (Lipinski definition) is 2. The summed E-state index contributed by atoms with van der Waals surface area (Å²) in [5, 5.41) is 2.93. The van der Waals surface area contributed by atoms with E-state index < -0.39 is 0 Å². The minimum absolute atomic E-state index is 0.0638. The first-order chi connectivity index (χ1) is 8.22. The zero-order valence-corrected chi connectivity index (χ0v) is 9.85. The van der Waals surface area contributed by atoms with Crippen molar-refractivity contribution < 1.29 is 9.53 Å². The van der Waals surface area contributed by atoms with Crippen molar-refractivity contribution in [3.63, 3.8) is 0 Å². The van der Waals surface area contributed by atoms with Gasteiger partial charge in [0.2, 0.25) is 0 Å². The van der Waals surface area contributed by atoms with Gasteiger partial charge in [-0.2, -0.15) is 0 Å². The minimum atomic E-state index is -0.225. The fourth-order valence-corrected chi connectivity index (χ4v) is 2.22. The van der Waals surface area contributed by atoms with Crippen molar-refractivity contribution >= 4 is 11.6 Å². The molecule has 1 amide bonds. The summed E-state index contributed by atoms with van der Waals surface area (Å²) in [6, 6.07) is 3.44. The first-order valence-corrected chi connectivity index (χ1v) is 5.76. The monoisotopic (exact) mass is 235 g/mol. The lowest BCUT2D eigenvalue weighted by Crippen LogP contribution is -2.41. The van der Waals surface area contributed by atoms with Gasteiger partial charge < -0.3 is 15.8 Å². The topological polar surface area (TPSA) is 77.2 Å². The highest BCUT2D eigenvalue weighted by Crippen LogP contribution is 2.22. The lowest BCUT2D eigenvalue weighted by Gasteiger charge is -2.19. The predicted molar refractivity (Wildman–Crippen MR) is 64.6 cm³/mol. The van der Waals surface area contributed by atoms with Crippen LogP contribution in [0.1, 0.15) is 29.8 Å². The second kappa shape index (κ2) is 5.14. The van der Waals surface area contributed by atoms with Gasteiger partial charge in [0.05, 0.1) is 17.8 Å². The molecule has 1 saturated carbocycles. The second-order valence-electron chi connectivity index (χ2n) is 4.23. The Morgan fingerprint density at radius 2 is 2.41 bits per heavy atom. The number of hydrogen-bond acceptors (Lipinski definition) is 4. The summed E-state index contributed by atoms with van der Waals surface area (Å²) in [6.07, 6.45) is 4.66. The first-order valence-electron chi connectivity index (χ1n) is 5.76. The number of aromatic nitrogens is 1. The molecule has 0 aromatic carbocycles. The van der Waals surface area contributed by atoms with Crippen LogP contribution >= 0.6 is 0 Å². The average molecular weight is 235 g/mol. The maximum absolute atomic E-state index is 12.0. The van der Waals surface area contributed by atoms with E-state index in [0.717, 1.165) is 19.3 Å². The molecule has 0 saturated heterocycles. The molecule has 0 aliphatic heterocycles. The van der Waals surface area contributed by atoms with Gasteiger partial charge in [-0.15, -0.1) is 0 Å². The molecule has 17 heavy (non-hydrogen) atoms. The number of amides is 1. The number of nitrogens with one attached hydrogen (secondary N) is 1. The van der Waals surface area contributed by atoms with Crippen LogP contribution in [0.3, 0.4) is 0 Å². The molecule has 1 aromatic rings. The Morgan fingerprint density at radius 3 is 3.12 bits per heavy atom. The van der Waals surface area contributed by atoms with Crippen LogP contribution in [0.2, 0.25) is 0 Å². The normalized spacial score (nSPS) is 23.6. The Hall–Kier alpha value is -1.62. The third-order valence-electron chi connectivity index (χ3n) is 3.13. The third-order valence-corrected chi connectivity index (χ3v) is 3.13. The van der Waals surface area contributed by atoms with E-state index in [0.29, 0.717) is 5.69 Å². The smallest absolute Gasteiger partial charge is 0.272 e. The summed E-state index contributed by atoms with van der Waals surface area (Å²) < 4.78 is 5.32. The fraction of sp³-hybridized carbons (Fsp3) is 0.500. The number of carbonyl (C=O) groups excluding carboxylic acids is 1. The number of methoxy groups -OCH3 is 1. The van der Waals surface area contributed by atoms with Crippen molar-refractivity contribution in [1.82, 2.24) is 10.3 Å². The van der Waals surface area contributed by atoms with Crippen molar-refractivity contribution in [3.8, 4) is 0 Å². The molecule has 0 bridgehead atoms. The molecule has 2 atom stereocenters. The molecule has 1 aromatic heterocycles. The molecule has 0 spiro atoms. The number of nitrogen functional groups attached to an aromatic ring is 1. The Bertz CT molecular complexity index is 408. The van der Waals surface area contributed by atoms with Gasteiger partial charge in [0.1, 0.15) is 0 Å². The number of carbonyl (C=O) groups is 1. The molecule has 5 heteroatoms. The zero-order chi connectivity index (χ0) is 12.3. The molecule has 1 heterocycles. The SMILES string of the molecule is COC1CCCC1NC(=O)c1ncccc1N. The van der Waals surface area contributed by atoms with E-state index in [1.165, 1.54) is 0 Å². The molecule has 1 aliphatic rings. The summed E-state index contributed by atoms with van der Waals surface area (Å²) in [5.74, 6) is -0.225. The summed E-state index contributed by atoms with van der Waals surface area (Å²) >= 11 is 0. The highest BCUT2D eigenvalue weighted by molar-refractivity contribution is 5.97. The average Bonchev–Trinajstić information content (AvgIpc) is 2.76. The van der Waals surface area contributed by atoms with E-state index in [-0.39, 0.29) is 23.7 Å². The number of nitrogens with two attached hydrogens (primary N) is 1. The molecule has 1 aliphatic carbocycles. The van der Waals surface area contributed by atoms with Gasteiger partial charge in [-0.25, -0.2) is 4.98 Å². The molecule has 5 nitrogen and oxygen atoms in total. The lowest BCUT2D eigenvalue weighted by molar-refractivity contribution is 0.0720. The summed E-state index contributed by atoms with van der Waals surface area (Å²) in [4.78, 5) is 16.0. The predicted octanol–water partition coefficient (Wildman–Crippen LogP) is 0.961. The largest absolute Gasteiger partial charge is 0.397 e. The number of ether oxygens (including phenoxy) is 1. The van der Waals surface area contributed by atoms with E-state index >= 15 is 0 Å². The maximum Gasteiger partial charge on any atom is 0.272 e. The van der Waals surface area contributed by atoms with Crippen molar-refractivity contribution in [1.29, 1.82) is 0 Å². The van der Waals surface area contributed by atoms with Gasteiger partial charge >= 0.3 is 0 Å². The van der Waals surface area contributed by atoms with Gasteiger partial charge in [-0.1, -0.05) is 0 Å². The minimum Gasteiger partial charge on any atom is -0.397 e. The lowest BCUT2D eigenvalue weighted by atomic mass is 10.2. The van der Waals surface area contributed by atoms with Crippen molar-refractivity contribution in [2.75, 3.05) is 12.8 Å². The highest BCUT2D eigenvalue weighted by atomic mass is 16.5. The Balaban J connectivity index is 2.04. The van der Waals surface area contributed by atoms with Crippen LogP contribution in [0.15, 0.2) is 18.3 Å². The number of anilines is 1.